The third kappa shape index (κ3) is 6.15. The molecule has 0 spiro atoms. The molecule has 1 N–H and O–H groups in total. The number of aromatic nitrogens is 2. The highest BCUT2D eigenvalue weighted by atomic mass is 35.5. The zero-order valence-corrected chi connectivity index (χ0v) is 25.6. The van der Waals surface area contributed by atoms with E-state index in [-0.39, 0.29) is 24.5 Å². The minimum atomic E-state index is -0.835. The van der Waals surface area contributed by atoms with Crippen LogP contribution in [-0.2, 0) is 17.9 Å². The number of fused-ring (bicyclic) bond motifs is 1. The van der Waals surface area contributed by atoms with Crippen molar-refractivity contribution in [3.8, 4) is 11.5 Å². The largest absolute Gasteiger partial charge is 0.493 e. The lowest BCUT2D eigenvalue weighted by molar-refractivity contribution is -0.152. The molecular formula is C31H40ClN5O5. The summed E-state index contributed by atoms with van der Waals surface area (Å²) in [4.78, 5) is 36.5. The number of β-amino-alcohol motifs (C(OH)–C–C–N with tert-alkyl or cyclic N) is 1. The van der Waals surface area contributed by atoms with Crippen molar-refractivity contribution in [2.45, 2.75) is 71.2 Å². The van der Waals surface area contributed by atoms with Crippen LogP contribution in [0.3, 0.4) is 0 Å². The molecule has 2 fully saturated rings. The second-order valence-electron chi connectivity index (χ2n) is 11.6. The number of aliphatic hydroxyl groups is 1. The normalized spacial score (nSPS) is 18.4. The van der Waals surface area contributed by atoms with Gasteiger partial charge in [-0.15, -0.1) is 0 Å². The van der Waals surface area contributed by atoms with Crippen LogP contribution in [0.1, 0.15) is 52.0 Å². The molecule has 11 heteroatoms. The molecule has 0 radical (unpaired) electrons. The van der Waals surface area contributed by atoms with Crippen LogP contribution in [0.25, 0.3) is 11.0 Å². The topological polar surface area (TPSA) is 100 Å². The van der Waals surface area contributed by atoms with Gasteiger partial charge in [-0.2, -0.15) is 0 Å². The van der Waals surface area contributed by atoms with Gasteiger partial charge in [0.2, 0.25) is 5.91 Å². The first-order valence-electron chi connectivity index (χ1n) is 14.6. The van der Waals surface area contributed by atoms with Crippen LogP contribution in [0.15, 0.2) is 36.7 Å². The quantitative estimate of drug-likeness (QED) is 0.309. The second kappa shape index (κ2) is 12.4. The van der Waals surface area contributed by atoms with E-state index in [4.69, 9.17) is 21.1 Å². The van der Waals surface area contributed by atoms with Crippen LogP contribution >= 0.6 is 11.6 Å². The Morgan fingerprint density at radius 1 is 1.21 bits per heavy atom. The van der Waals surface area contributed by atoms with Gasteiger partial charge in [0, 0.05) is 48.7 Å². The Hall–Kier alpha value is -3.50. The number of rotatable bonds is 11. The molecule has 0 unspecified atom stereocenters. The van der Waals surface area contributed by atoms with Crippen molar-refractivity contribution in [3.05, 3.63) is 47.2 Å². The van der Waals surface area contributed by atoms with Crippen LogP contribution in [0.2, 0.25) is 5.02 Å². The molecule has 3 aromatic rings. The lowest BCUT2D eigenvalue weighted by atomic mass is 9.97. The maximum Gasteiger partial charge on any atom is 0.325 e. The highest BCUT2D eigenvalue weighted by Crippen LogP contribution is 2.35. The molecule has 10 nitrogen and oxygen atoms in total. The van der Waals surface area contributed by atoms with E-state index in [1.165, 1.54) is 0 Å². The summed E-state index contributed by atoms with van der Waals surface area (Å²) >= 11 is 6.70. The summed E-state index contributed by atoms with van der Waals surface area (Å²) < 4.78 is 13.3. The molecule has 0 bridgehead atoms. The van der Waals surface area contributed by atoms with Gasteiger partial charge in [-0.05, 0) is 50.5 Å². The number of hydrogen-bond acceptors (Lipinski definition) is 6. The molecule has 2 aliphatic rings. The number of pyridine rings is 1. The molecule has 0 aliphatic carbocycles. The van der Waals surface area contributed by atoms with E-state index in [9.17, 15) is 14.7 Å². The van der Waals surface area contributed by atoms with E-state index in [1.54, 1.807) is 40.8 Å². The van der Waals surface area contributed by atoms with Gasteiger partial charge in [0.15, 0.2) is 11.5 Å². The van der Waals surface area contributed by atoms with E-state index in [1.807, 2.05) is 29.2 Å². The molecule has 3 amide bonds. The van der Waals surface area contributed by atoms with Crippen molar-refractivity contribution in [2.75, 3.05) is 38.3 Å². The van der Waals surface area contributed by atoms with Crippen molar-refractivity contribution in [2.24, 2.45) is 0 Å². The summed E-state index contributed by atoms with van der Waals surface area (Å²) in [5, 5.41) is 11.2. The molecule has 226 valence electrons. The third-order valence-corrected chi connectivity index (χ3v) is 8.39. The average molecular weight is 598 g/mol. The number of urea groups is 1. The van der Waals surface area contributed by atoms with Crippen molar-refractivity contribution in [3.63, 3.8) is 0 Å². The van der Waals surface area contributed by atoms with Gasteiger partial charge in [-0.25, -0.2) is 9.78 Å². The van der Waals surface area contributed by atoms with Crippen LogP contribution in [0.4, 0.5) is 10.5 Å². The Balaban J connectivity index is 1.35. The van der Waals surface area contributed by atoms with Gasteiger partial charge in [0.25, 0.3) is 0 Å². The first kappa shape index (κ1) is 30.0. The van der Waals surface area contributed by atoms with Crippen molar-refractivity contribution in [1.82, 2.24) is 19.4 Å². The number of unbranched alkanes of at least 4 members (excludes halogenated alkanes) is 2. The number of carbonyl (C=O) groups excluding carboxylic acids is 2. The van der Waals surface area contributed by atoms with Crippen LogP contribution in [0.5, 0.6) is 11.5 Å². The Bertz CT molecular complexity index is 1450. The van der Waals surface area contributed by atoms with Crippen molar-refractivity contribution < 1.29 is 24.2 Å². The minimum absolute atomic E-state index is 0.0154. The summed E-state index contributed by atoms with van der Waals surface area (Å²) in [6.07, 6.45) is 7.35. The zero-order valence-electron chi connectivity index (χ0n) is 24.8. The van der Waals surface area contributed by atoms with E-state index < -0.39 is 5.60 Å². The number of likely N-dealkylation sites (tertiary alicyclic amines) is 1. The molecule has 0 saturated carbocycles. The number of ether oxygens (including phenoxy) is 2. The molecule has 2 aromatic heterocycles. The molecular weight excluding hydrogens is 558 g/mol. The minimum Gasteiger partial charge on any atom is -0.493 e. The molecule has 42 heavy (non-hydrogen) atoms. The number of nitrogens with zero attached hydrogens (tertiary/aromatic N) is 5. The first-order chi connectivity index (χ1) is 20.1. The summed E-state index contributed by atoms with van der Waals surface area (Å²) in [5.74, 6) is 1.16. The van der Waals surface area contributed by atoms with Crippen molar-refractivity contribution >= 4 is 40.3 Å². The second-order valence-corrected chi connectivity index (χ2v) is 12.0. The van der Waals surface area contributed by atoms with Crippen LogP contribution in [-0.4, -0.2) is 81.4 Å². The number of halogens is 1. The Morgan fingerprint density at radius 3 is 2.71 bits per heavy atom. The average Bonchev–Trinajstić information content (AvgIpc) is 3.27. The summed E-state index contributed by atoms with van der Waals surface area (Å²) in [6.45, 7) is 8.14. The maximum atomic E-state index is 13.9. The summed E-state index contributed by atoms with van der Waals surface area (Å²) in [5.41, 5.74) is 1.38. The Kier molecular flexibility index (Phi) is 8.84. The number of benzene rings is 1. The van der Waals surface area contributed by atoms with E-state index in [2.05, 4.69) is 18.8 Å². The van der Waals surface area contributed by atoms with E-state index in [0.717, 1.165) is 42.3 Å². The van der Waals surface area contributed by atoms with Gasteiger partial charge in [-0.1, -0.05) is 31.4 Å². The fraction of sp³-hybridized carbons (Fsp3) is 0.516. The Labute approximate surface area is 251 Å². The maximum absolute atomic E-state index is 13.9. The van der Waals surface area contributed by atoms with E-state index in [0.29, 0.717) is 55.0 Å². The highest BCUT2D eigenvalue weighted by molar-refractivity contribution is 6.35. The molecule has 5 rings (SSSR count). The van der Waals surface area contributed by atoms with Gasteiger partial charge < -0.3 is 28.9 Å². The predicted molar refractivity (Wildman–Crippen MR) is 162 cm³/mol. The number of amides is 3. The third-order valence-electron chi connectivity index (χ3n) is 8.10. The smallest absolute Gasteiger partial charge is 0.325 e. The lowest BCUT2D eigenvalue weighted by Gasteiger charge is -2.44. The zero-order chi connectivity index (χ0) is 30.0. The van der Waals surface area contributed by atoms with Crippen LogP contribution in [0, 0.1) is 0 Å². The fourth-order valence-electron chi connectivity index (χ4n) is 5.72. The van der Waals surface area contributed by atoms with E-state index >= 15 is 0 Å². The standard InChI is InChI=1S/C31H40ClN5O5/c1-5-6-7-14-42-26-15-23(8-9-25(26)41-4)36-13-11-21(2)37(30(36)39)16-22-10-12-33-29-28(22)24(32)17-34(29)18-27(38)35-19-31(3,40)20-35/h8-10,12,15,17,21,40H,5-7,11,13-14,16,18-20H2,1-4H3/t21-/m0/s1. The highest BCUT2D eigenvalue weighted by Gasteiger charge is 2.39. The first-order valence-corrected chi connectivity index (χ1v) is 15.0. The fourth-order valence-corrected chi connectivity index (χ4v) is 6.04. The number of methoxy groups -OCH3 is 1. The number of anilines is 1. The lowest BCUT2D eigenvalue weighted by Crippen LogP contribution is -2.62. The number of hydrogen-bond donors (Lipinski definition) is 1. The number of carbonyl (C=O) groups is 2. The van der Waals surface area contributed by atoms with Gasteiger partial charge in [0.05, 0.1) is 37.4 Å². The summed E-state index contributed by atoms with van der Waals surface area (Å²) in [7, 11) is 1.61. The molecule has 4 heterocycles. The monoisotopic (exact) mass is 597 g/mol. The van der Waals surface area contributed by atoms with Crippen LogP contribution < -0.4 is 14.4 Å². The van der Waals surface area contributed by atoms with Crippen molar-refractivity contribution in [1.29, 1.82) is 0 Å². The van der Waals surface area contributed by atoms with Gasteiger partial charge in [0.1, 0.15) is 12.2 Å². The van der Waals surface area contributed by atoms with Gasteiger partial charge in [-0.3, -0.25) is 9.69 Å². The molecule has 1 atom stereocenters. The summed E-state index contributed by atoms with van der Waals surface area (Å²) in [6, 6.07) is 7.41. The predicted octanol–water partition coefficient (Wildman–Crippen LogP) is 5.08. The molecule has 2 aliphatic heterocycles. The molecule has 2 saturated heterocycles. The SMILES string of the molecule is CCCCCOc1cc(N2CC[C@H](C)N(Cc3ccnc4c3c(Cl)cn4CC(=O)N3CC(C)(O)C3)C2=O)ccc1OC. The molecule has 1 aromatic carbocycles. The van der Waals surface area contributed by atoms with Gasteiger partial charge >= 0.3 is 6.03 Å². The Morgan fingerprint density at radius 2 is 2.00 bits per heavy atom.